The summed E-state index contributed by atoms with van der Waals surface area (Å²) in [6.07, 6.45) is 3.02. The zero-order chi connectivity index (χ0) is 12.5. The Bertz CT molecular complexity index is 323. The molecule has 96 valence electrons. The van der Waals surface area contributed by atoms with Crippen LogP contribution in [0.2, 0.25) is 0 Å². The predicted octanol–water partition coefficient (Wildman–Crippen LogP) is 3.06. The number of hydrogen-bond donors (Lipinski definition) is 0. The van der Waals surface area contributed by atoms with E-state index >= 15 is 0 Å². The molecule has 0 aliphatic carbocycles. The molecule has 0 N–H and O–H groups in total. The quantitative estimate of drug-likeness (QED) is 0.651. The first-order chi connectivity index (χ1) is 8.31. The Balaban J connectivity index is 2.66. The minimum atomic E-state index is 0.720. The molecule has 0 amide bonds. The monoisotopic (exact) mass is 238 g/mol. The average molecular weight is 238 g/mol. The van der Waals surface area contributed by atoms with E-state index in [1.54, 1.807) is 14.2 Å². The molecular weight excluding hydrogens is 216 g/mol. The molecule has 0 fully saturated rings. The molecule has 1 rings (SSSR count). The molecule has 0 aromatic heterocycles. The summed E-state index contributed by atoms with van der Waals surface area (Å²) in [5.41, 5.74) is 1.26. The normalized spacial score (nSPS) is 10.3. The van der Waals surface area contributed by atoms with Crippen LogP contribution in [0.4, 0.5) is 0 Å². The topological polar surface area (TPSA) is 27.7 Å². The second-order valence-electron chi connectivity index (χ2n) is 3.93. The maximum atomic E-state index is 5.67. The Kier molecular flexibility index (Phi) is 6.48. The summed E-state index contributed by atoms with van der Waals surface area (Å²) in [6.45, 7) is 3.60. The number of aryl methyl sites for hydroxylation is 1. The fourth-order valence-electron chi connectivity index (χ4n) is 1.62. The number of ether oxygens (including phenoxy) is 3. The van der Waals surface area contributed by atoms with Gasteiger partial charge >= 0.3 is 0 Å². The zero-order valence-corrected chi connectivity index (χ0v) is 11.0. The number of hydrogen-bond acceptors (Lipinski definition) is 3. The Morgan fingerprint density at radius 1 is 1.06 bits per heavy atom. The molecule has 0 saturated carbocycles. The summed E-state index contributed by atoms with van der Waals surface area (Å²) in [6, 6.07) is 6.10. The van der Waals surface area contributed by atoms with Gasteiger partial charge in [0, 0.05) is 13.7 Å². The van der Waals surface area contributed by atoms with Crippen LogP contribution in [0.5, 0.6) is 11.5 Å². The number of rotatable bonds is 8. The van der Waals surface area contributed by atoms with E-state index in [2.05, 4.69) is 19.1 Å². The molecule has 0 aliphatic heterocycles. The van der Waals surface area contributed by atoms with Crippen LogP contribution in [-0.4, -0.2) is 27.4 Å². The van der Waals surface area contributed by atoms with Gasteiger partial charge in [-0.25, -0.2) is 0 Å². The van der Waals surface area contributed by atoms with Crippen LogP contribution < -0.4 is 9.47 Å². The van der Waals surface area contributed by atoms with Crippen LogP contribution in [0.15, 0.2) is 18.2 Å². The maximum Gasteiger partial charge on any atom is 0.161 e. The molecule has 0 saturated heterocycles. The van der Waals surface area contributed by atoms with Crippen LogP contribution >= 0.6 is 0 Å². The largest absolute Gasteiger partial charge is 0.493 e. The third-order valence-electron chi connectivity index (χ3n) is 2.50. The first-order valence-electron chi connectivity index (χ1n) is 6.10. The lowest BCUT2D eigenvalue weighted by Crippen LogP contribution is -1.99. The first kappa shape index (κ1) is 13.8. The van der Waals surface area contributed by atoms with Crippen LogP contribution in [-0.2, 0) is 11.2 Å². The first-order valence-corrected chi connectivity index (χ1v) is 6.10. The lowest BCUT2D eigenvalue weighted by atomic mass is 10.1. The highest BCUT2D eigenvalue weighted by Crippen LogP contribution is 2.28. The van der Waals surface area contributed by atoms with Gasteiger partial charge in [-0.15, -0.1) is 0 Å². The highest BCUT2D eigenvalue weighted by Gasteiger charge is 2.05. The van der Waals surface area contributed by atoms with Gasteiger partial charge in [0.1, 0.15) is 0 Å². The van der Waals surface area contributed by atoms with Crippen molar-refractivity contribution in [2.24, 2.45) is 0 Å². The molecule has 0 heterocycles. The molecular formula is C14H22O3. The highest BCUT2D eigenvalue weighted by atomic mass is 16.5. The summed E-state index contributed by atoms with van der Waals surface area (Å²) in [4.78, 5) is 0. The van der Waals surface area contributed by atoms with Crippen molar-refractivity contribution in [2.75, 3.05) is 27.4 Å². The van der Waals surface area contributed by atoms with Gasteiger partial charge in [0.15, 0.2) is 11.5 Å². The second kappa shape index (κ2) is 7.96. The summed E-state index contributed by atoms with van der Waals surface area (Å²) < 4.78 is 16.0. The minimum Gasteiger partial charge on any atom is -0.493 e. The van der Waals surface area contributed by atoms with E-state index in [0.717, 1.165) is 44.0 Å². The average Bonchev–Trinajstić information content (AvgIpc) is 2.37. The molecule has 17 heavy (non-hydrogen) atoms. The van der Waals surface area contributed by atoms with Gasteiger partial charge in [0.05, 0.1) is 13.7 Å². The summed E-state index contributed by atoms with van der Waals surface area (Å²) in [5.74, 6) is 1.64. The van der Waals surface area contributed by atoms with E-state index in [4.69, 9.17) is 14.2 Å². The molecule has 0 aliphatic rings. The highest BCUT2D eigenvalue weighted by molar-refractivity contribution is 5.43. The van der Waals surface area contributed by atoms with Gasteiger partial charge in [-0.3, -0.25) is 0 Å². The lowest BCUT2D eigenvalue weighted by molar-refractivity contribution is 0.195. The fraction of sp³-hybridized carbons (Fsp3) is 0.571. The van der Waals surface area contributed by atoms with Gasteiger partial charge in [-0.2, -0.15) is 0 Å². The van der Waals surface area contributed by atoms with E-state index in [0.29, 0.717) is 0 Å². The predicted molar refractivity (Wildman–Crippen MR) is 69.0 cm³/mol. The van der Waals surface area contributed by atoms with Gasteiger partial charge in [-0.05, 0) is 37.0 Å². The number of methoxy groups -OCH3 is 2. The Labute approximate surface area is 104 Å². The van der Waals surface area contributed by atoms with Crippen molar-refractivity contribution >= 4 is 0 Å². The van der Waals surface area contributed by atoms with E-state index < -0.39 is 0 Å². The molecule has 1 aromatic carbocycles. The molecule has 0 atom stereocenters. The second-order valence-corrected chi connectivity index (χ2v) is 3.93. The molecule has 0 unspecified atom stereocenters. The van der Waals surface area contributed by atoms with Gasteiger partial charge in [0.2, 0.25) is 0 Å². The van der Waals surface area contributed by atoms with Gasteiger partial charge in [-0.1, -0.05) is 13.0 Å². The molecule has 0 bridgehead atoms. The van der Waals surface area contributed by atoms with Crippen LogP contribution in [0.25, 0.3) is 0 Å². The summed E-state index contributed by atoms with van der Waals surface area (Å²) >= 11 is 0. The Hall–Kier alpha value is -1.22. The lowest BCUT2D eigenvalue weighted by Gasteiger charge is -2.11. The standard InChI is InChI=1S/C14H22O3/c1-4-9-17-14-11-12(6-5-10-15-2)7-8-13(14)16-3/h7-8,11H,4-6,9-10H2,1-3H3. The van der Waals surface area contributed by atoms with Crippen LogP contribution in [0.1, 0.15) is 25.3 Å². The van der Waals surface area contributed by atoms with Crippen molar-refractivity contribution in [2.45, 2.75) is 26.2 Å². The summed E-state index contributed by atoms with van der Waals surface area (Å²) in [7, 11) is 3.39. The van der Waals surface area contributed by atoms with Crippen molar-refractivity contribution in [3.63, 3.8) is 0 Å². The van der Waals surface area contributed by atoms with Crippen molar-refractivity contribution in [1.29, 1.82) is 0 Å². The Morgan fingerprint density at radius 2 is 1.88 bits per heavy atom. The van der Waals surface area contributed by atoms with Crippen molar-refractivity contribution in [3.05, 3.63) is 23.8 Å². The SMILES string of the molecule is CCCOc1cc(CCCOC)ccc1OC. The van der Waals surface area contributed by atoms with E-state index in [9.17, 15) is 0 Å². The number of benzene rings is 1. The molecule has 3 heteroatoms. The van der Waals surface area contributed by atoms with Crippen molar-refractivity contribution < 1.29 is 14.2 Å². The van der Waals surface area contributed by atoms with E-state index in [1.807, 2.05) is 6.07 Å². The maximum absolute atomic E-state index is 5.67. The van der Waals surface area contributed by atoms with E-state index in [1.165, 1.54) is 5.56 Å². The smallest absolute Gasteiger partial charge is 0.161 e. The van der Waals surface area contributed by atoms with Gasteiger partial charge < -0.3 is 14.2 Å². The van der Waals surface area contributed by atoms with Crippen LogP contribution in [0.3, 0.4) is 0 Å². The van der Waals surface area contributed by atoms with Crippen LogP contribution in [0, 0.1) is 0 Å². The van der Waals surface area contributed by atoms with Crippen molar-refractivity contribution in [3.8, 4) is 11.5 Å². The molecule has 3 nitrogen and oxygen atoms in total. The Morgan fingerprint density at radius 3 is 2.53 bits per heavy atom. The third kappa shape index (κ3) is 4.65. The summed E-state index contributed by atoms with van der Waals surface area (Å²) in [5, 5.41) is 0. The third-order valence-corrected chi connectivity index (χ3v) is 2.50. The molecule has 0 radical (unpaired) electrons. The molecule has 0 spiro atoms. The van der Waals surface area contributed by atoms with E-state index in [-0.39, 0.29) is 0 Å². The molecule has 1 aromatic rings. The van der Waals surface area contributed by atoms with Crippen molar-refractivity contribution in [1.82, 2.24) is 0 Å². The fourth-order valence-corrected chi connectivity index (χ4v) is 1.62. The minimum absolute atomic E-state index is 0.720. The van der Waals surface area contributed by atoms with Gasteiger partial charge in [0.25, 0.3) is 0 Å². The zero-order valence-electron chi connectivity index (χ0n) is 11.0.